The summed E-state index contributed by atoms with van der Waals surface area (Å²) in [5.41, 5.74) is -1.00. The highest BCUT2D eigenvalue weighted by Crippen LogP contribution is 2.50. The van der Waals surface area contributed by atoms with Gasteiger partial charge in [0.05, 0.1) is 22.0 Å². The zero-order chi connectivity index (χ0) is 14.3. The number of non-ortho nitro benzene ring substituents is 1. The molecule has 1 aliphatic heterocycles. The van der Waals surface area contributed by atoms with Gasteiger partial charge in [-0.15, -0.1) is 0 Å². The van der Waals surface area contributed by atoms with Gasteiger partial charge >= 0.3 is 5.69 Å². The van der Waals surface area contributed by atoms with E-state index in [0.29, 0.717) is 0 Å². The molecule has 1 aromatic carbocycles. The Hall–Kier alpha value is -3.23. The van der Waals surface area contributed by atoms with Crippen molar-refractivity contribution in [2.45, 2.75) is 0 Å². The first-order valence-corrected chi connectivity index (χ1v) is 5.34. The predicted octanol–water partition coefficient (Wildman–Crippen LogP) is 2.80. The number of aromatic nitrogens is 1. The third kappa shape index (κ3) is 1.77. The molecule has 0 aliphatic carbocycles. The summed E-state index contributed by atoms with van der Waals surface area (Å²) < 4.78 is 10.7. The van der Waals surface area contributed by atoms with Crippen LogP contribution in [0.3, 0.4) is 0 Å². The van der Waals surface area contributed by atoms with Crippen LogP contribution in [0.25, 0.3) is 0 Å². The molecule has 0 fully saturated rings. The Morgan fingerprint density at radius 3 is 2.55 bits per heavy atom. The average molecular weight is 275 g/mol. The molecule has 9 nitrogen and oxygen atoms in total. The molecule has 0 saturated carbocycles. The quantitative estimate of drug-likeness (QED) is 0.521. The molecule has 0 amide bonds. The van der Waals surface area contributed by atoms with Crippen molar-refractivity contribution < 1.29 is 19.3 Å². The van der Waals surface area contributed by atoms with Crippen molar-refractivity contribution in [1.29, 1.82) is 0 Å². The Labute approximate surface area is 110 Å². The van der Waals surface area contributed by atoms with Crippen molar-refractivity contribution in [1.82, 2.24) is 4.98 Å². The van der Waals surface area contributed by atoms with Gasteiger partial charge in [0, 0.05) is 6.20 Å². The van der Waals surface area contributed by atoms with Gasteiger partial charge < -0.3 is 9.47 Å². The lowest BCUT2D eigenvalue weighted by molar-refractivity contribution is -0.394. The van der Waals surface area contributed by atoms with Crippen LogP contribution in [0.5, 0.6) is 23.1 Å². The summed E-state index contributed by atoms with van der Waals surface area (Å²) in [6.07, 6.45) is 1.43. The van der Waals surface area contributed by atoms with E-state index < -0.39 is 21.2 Å². The number of nitrogens with zero attached hydrogens (tertiary/aromatic N) is 3. The minimum atomic E-state index is -0.775. The topological polar surface area (TPSA) is 118 Å². The minimum absolute atomic E-state index is 0.0666. The van der Waals surface area contributed by atoms with Crippen LogP contribution < -0.4 is 9.47 Å². The standard InChI is InChI=1S/C11H5N3O6/c15-13(16)6-4-7(14(17)18)10-9(5-6)19-8-2-1-3-12-11(8)20-10/h1-5H. The highest BCUT2D eigenvalue weighted by atomic mass is 16.6. The van der Waals surface area contributed by atoms with Gasteiger partial charge in [-0.05, 0) is 12.1 Å². The van der Waals surface area contributed by atoms with Crippen molar-refractivity contribution in [2.75, 3.05) is 0 Å². The number of nitro benzene ring substituents is 2. The van der Waals surface area contributed by atoms with E-state index in [0.717, 1.165) is 12.1 Å². The Bertz CT molecular complexity index is 745. The zero-order valence-corrected chi connectivity index (χ0v) is 9.68. The van der Waals surface area contributed by atoms with Crippen LogP contribution in [0, 0.1) is 20.2 Å². The molecule has 3 rings (SSSR count). The third-order valence-electron chi connectivity index (χ3n) is 2.58. The van der Waals surface area contributed by atoms with Gasteiger partial charge in [-0.2, -0.15) is 0 Å². The van der Waals surface area contributed by atoms with Gasteiger partial charge in [0.2, 0.25) is 5.75 Å². The number of benzene rings is 1. The number of ether oxygens (including phenoxy) is 2. The number of nitro groups is 2. The maximum Gasteiger partial charge on any atom is 0.322 e. The Morgan fingerprint density at radius 2 is 1.85 bits per heavy atom. The highest BCUT2D eigenvalue weighted by molar-refractivity contribution is 5.66. The summed E-state index contributed by atoms with van der Waals surface area (Å²) in [6, 6.07) is 5.00. The van der Waals surface area contributed by atoms with Crippen molar-refractivity contribution in [2.24, 2.45) is 0 Å². The van der Waals surface area contributed by atoms with Gasteiger partial charge in [-0.1, -0.05) is 0 Å². The molecule has 0 unspecified atom stereocenters. The Balaban J connectivity index is 2.19. The molecule has 2 aromatic rings. The van der Waals surface area contributed by atoms with E-state index in [2.05, 4.69) is 4.98 Å². The van der Waals surface area contributed by atoms with Crippen molar-refractivity contribution in [3.63, 3.8) is 0 Å². The predicted molar refractivity (Wildman–Crippen MR) is 64.1 cm³/mol. The average Bonchev–Trinajstić information content (AvgIpc) is 2.43. The summed E-state index contributed by atoms with van der Waals surface area (Å²) >= 11 is 0. The van der Waals surface area contributed by atoms with Crippen LogP contribution in [0.15, 0.2) is 30.5 Å². The van der Waals surface area contributed by atoms with Gasteiger partial charge in [-0.25, -0.2) is 4.98 Å². The number of hydrogen-bond acceptors (Lipinski definition) is 7. The molecule has 2 heterocycles. The fraction of sp³-hybridized carbons (Fsp3) is 0. The lowest BCUT2D eigenvalue weighted by Crippen LogP contribution is -2.04. The lowest BCUT2D eigenvalue weighted by atomic mass is 10.2. The lowest BCUT2D eigenvalue weighted by Gasteiger charge is -2.18. The molecular formula is C11H5N3O6. The van der Waals surface area contributed by atoms with Crippen molar-refractivity contribution in [3.8, 4) is 23.1 Å². The molecule has 0 bridgehead atoms. The van der Waals surface area contributed by atoms with Crippen LogP contribution in [0.2, 0.25) is 0 Å². The number of hydrogen-bond donors (Lipinski definition) is 0. The third-order valence-corrected chi connectivity index (χ3v) is 2.58. The molecule has 0 N–H and O–H groups in total. The second kappa shape index (κ2) is 4.16. The highest BCUT2D eigenvalue weighted by Gasteiger charge is 2.31. The van der Waals surface area contributed by atoms with Crippen molar-refractivity contribution >= 4 is 11.4 Å². The Kier molecular flexibility index (Phi) is 2.46. The fourth-order valence-corrected chi connectivity index (χ4v) is 1.74. The zero-order valence-electron chi connectivity index (χ0n) is 9.68. The van der Waals surface area contributed by atoms with E-state index in [1.165, 1.54) is 12.3 Å². The van der Waals surface area contributed by atoms with Gasteiger partial charge in [0.15, 0.2) is 11.5 Å². The van der Waals surface area contributed by atoms with E-state index >= 15 is 0 Å². The summed E-state index contributed by atoms with van der Waals surface area (Å²) in [4.78, 5) is 24.1. The summed E-state index contributed by atoms with van der Waals surface area (Å²) in [6.45, 7) is 0. The van der Waals surface area contributed by atoms with E-state index in [-0.39, 0.29) is 23.1 Å². The molecule has 1 aliphatic rings. The van der Waals surface area contributed by atoms with Crippen LogP contribution in [-0.4, -0.2) is 14.8 Å². The van der Waals surface area contributed by atoms with E-state index in [1.807, 2.05) is 0 Å². The van der Waals surface area contributed by atoms with E-state index in [4.69, 9.17) is 9.47 Å². The summed E-state index contributed by atoms with van der Waals surface area (Å²) in [7, 11) is 0. The summed E-state index contributed by atoms with van der Waals surface area (Å²) in [5, 5.41) is 21.8. The molecular weight excluding hydrogens is 270 g/mol. The first kappa shape index (κ1) is 11.8. The molecule has 0 spiro atoms. The second-order valence-corrected chi connectivity index (χ2v) is 3.82. The number of pyridine rings is 1. The minimum Gasteiger partial charge on any atom is -0.447 e. The SMILES string of the molecule is O=[N+]([O-])c1cc2c(c([N+](=O)[O-])c1)Oc1ncccc1O2. The van der Waals surface area contributed by atoms with Crippen LogP contribution in [0.4, 0.5) is 11.4 Å². The number of rotatable bonds is 2. The Morgan fingerprint density at radius 1 is 1.05 bits per heavy atom. The van der Waals surface area contributed by atoms with Gasteiger partial charge in [-0.3, -0.25) is 20.2 Å². The first-order chi connectivity index (χ1) is 9.56. The monoisotopic (exact) mass is 275 g/mol. The fourth-order valence-electron chi connectivity index (χ4n) is 1.74. The van der Waals surface area contributed by atoms with Crippen molar-refractivity contribution in [3.05, 3.63) is 50.7 Å². The summed E-state index contributed by atoms with van der Waals surface area (Å²) in [5.74, 6) is 0.00458. The smallest absolute Gasteiger partial charge is 0.322 e. The molecule has 0 atom stereocenters. The molecule has 20 heavy (non-hydrogen) atoms. The number of fused-ring (bicyclic) bond motifs is 2. The van der Waals surface area contributed by atoms with E-state index in [9.17, 15) is 20.2 Å². The second-order valence-electron chi connectivity index (χ2n) is 3.82. The normalized spacial score (nSPS) is 11.6. The van der Waals surface area contributed by atoms with Crippen LogP contribution in [-0.2, 0) is 0 Å². The molecule has 9 heteroatoms. The molecule has 100 valence electrons. The maximum atomic E-state index is 11.0. The van der Waals surface area contributed by atoms with Gasteiger partial charge in [0.1, 0.15) is 0 Å². The first-order valence-electron chi connectivity index (χ1n) is 5.34. The molecule has 0 saturated heterocycles. The molecule has 0 radical (unpaired) electrons. The van der Waals surface area contributed by atoms with Crippen LogP contribution >= 0.6 is 0 Å². The largest absolute Gasteiger partial charge is 0.447 e. The van der Waals surface area contributed by atoms with Crippen LogP contribution in [0.1, 0.15) is 0 Å². The van der Waals surface area contributed by atoms with Gasteiger partial charge in [0.25, 0.3) is 11.6 Å². The van der Waals surface area contributed by atoms with E-state index in [1.54, 1.807) is 6.07 Å². The maximum absolute atomic E-state index is 11.0. The molecule has 1 aromatic heterocycles.